The maximum atomic E-state index is 13.0. The van der Waals surface area contributed by atoms with Gasteiger partial charge >= 0.3 is 11.9 Å². The van der Waals surface area contributed by atoms with Crippen LogP contribution in [0.15, 0.2) is 4.99 Å². The van der Waals surface area contributed by atoms with E-state index in [2.05, 4.69) is 20.9 Å². The van der Waals surface area contributed by atoms with Crippen LogP contribution in [0.2, 0.25) is 0 Å². The van der Waals surface area contributed by atoms with E-state index < -0.39 is 66.4 Å². The number of carbonyl (C=O) groups excluding carboxylic acids is 3. The van der Waals surface area contributed by atoms with Crippen molar-refractivity contribution in [2.24, 2.45) is 27.9 Å². The SMILES string of the molecule is CC(O)C(NC(=O)C(CCC(=O)O)NC(=O)C(CCCCN)NC(=O)C(N)CCCN=C(N)N)C(=O)O. The number of nitrogens with one attached hydrogen (secondary N) is 3. The van der Waals surface area contributed by atoms with Crippen molar-refractivity contribution in [2.45, 2.75) is 82.1 Å². The minimum absolute atomic E-state index is 0.0979. The predicted molar refractivity (Wildman–Crippen MR) is 133 cm³/mol. The van der Waals surface area contributed by atoms with E-state index in [4.69, 9.17) is 28.0 Å². The number of nitrogens with zero attached hydrogens (tertiary/aromatic N) is 1. The smallest absolute Gasteiger partial charge is 0.328 e. The van der Waals surface area contributed by atoms with Crippen LogP contribution in [0.1, 0.15) is 51.9 Å². The molecule has 37 heavy (non-hydrogen) atoms. The van der Waals surface area contributed by atoms with Crippen LogP contribution in [0, 0.1) is 0 Å². The van der Waals surface area contributed by atoms with Gasteiger partial charge in [0.05, 0.1) is 12.1 Å². The summed E-state index contributed by atoms with van der Waals surface area (Å²) in [6.07, 6.45) is -0.585. The first-order valence-electron chi connectivity index (χ1n) is 11.8. The van der Waals surface area contributed by atoms with Crippen LogP contribution in [0.5, 0.6) is 0 Å². The van der Waals surface area contributed by atoms with Gasteiger partial charge in [-0.05, 0) is 52.0 Å². The lowest BCUT2D eigenvalue weighted by Gasteiger charge is -2.25. The molecule has 0 aliphatic rings. The van der Waals surface area contributed by atoms with Crippen LogP contribution < -0.4 is 38.9 Å². The second-order valence-corrected chi connectivity index (χ2v) is 8.46. The number of guanidine groups is 1. The molecule has 0 aromatic rings. The second-order valence-electron chi connectivity index (χ2n) is 8.46. The zero-order valence-electron chi connectivity index (χ0n) is 20.9. The molecule has 14 N–H and O–H groups in total. The number of aliphatic hydroxyl groups is 1. The van der Waals surface area contributed by atoms with Crippen molar-refractivity contribution in [1.29, 1.82) is 0 Å². The fourth-order valence-electron chi connectivity index (χ4n) is 3.14. The van der Waals surface area contributed by atoms with E-state index in [9.17, 15) is 34.2 Å². The molecule has 16 nitrogen and oxygen atoms in total. The van der Waals surface area contributed by atoms with Gasteiger partial charge in [0, 0.05) is 13.0 Å². The Morgan fingerprint density at radius 1 is 0.838 bits per heavy atom. The Kier molecular flexibility index (Phi) is 16.2. The number of hydrogen-bond acceptors (Lipinski definition) is 9. The summed E-state index contributed by atoms with van der Waals surface area (Å²) in [6, 6.07) is -5.25. The minimum Gasteiger partial charge on any atom is -0.481 e. The number of unbranched alkanes of at least 4 members (excludes halogenated alkanes) is 1. The largest absolute Gasteiger partial charge is 0.481 e. The van der Waals surface area contributed by atoms with E-state index >= 15 is 0 Å². The first-order valence-corrected chi connectivity index (χ1v) is 11.8. The Labute approximate surface area is 214 Å². The van der Waals surface area contributed by atoms with Crippen molar-refractivity contribution in [1.82, 2.24) is 16.0 Å². The highest BCUT2D eigenvalue weighted by molar-refractivity contribution is 5.94. The van der Waals surface area contributed by atoms with E-state index in [1.165, 1.54) is 0 Å². The molecule has 0 fully saturated rings. The molecule has 0 aliphatic carbocycles. The van der Waals surface area contributed by atoms with Crippen molar-refractivity contribution in [3.63, 3.8) is 0 Å². The molecule has 0 saturated heterocycles. The number of carboxylic acid groups (broad SMARTS) is 2. The lowest BCUT2D eigenvalue weighted by atomic mass is 10.0. The molecule has 3 amide bonds. The number of carbonyl (C=O) groups is 5. The zero-order valence-corrected chi connectivity index (χ0v) is 20.9. The fraction of sp³-hybridized carbons (Fsp3) is 0.714. The Morgan fingerprint density at radius 3 is 1.92 bits per heavy atom. The van der Waals surface area contributed by atoms with Gasteiger partial charge in [0.1, 0.15) is 12.1 Å². The van der Waals surface area contributed by atoms with Gasteiger partial charge in [-0.2, -0.15) is 0 Å². The summed E-state index contributed by atoms with van der Waals surface area (Å²) in [4.78, 5) is 64.4. The van der Waals surface area contributed by atoms with E-state index in [0.717, 1.165) is 6.92 Å². The Hall–Kier alpha value is -3.50. The lowest BCUT2D eigenvalue weighted by molar-refractivity contribution is -0.145. The van der Waals surface area contributed by atoms with Crippen LogP contribution in [-0.4, -0.2) is 94.3 Å². The number of carboxylic acids is 2. The molecule has 0 rings (SSSR count). The number of amides is 3. The standard InChI is InChI=1S/C21H40N8O8/c1-11(30)16(20(36)37)29-19(35)14(7-8-15(31)32)28-18(34)13(6-2-3-9-22)27-17(33)12(23)5-4-10-26-21(24)25/h11-14,16,30H,2-10,22-23H2,1H3,(H,27,33)(H,28,34)(H,29,35)(H,31,32)(H,36,37)(H4,24,25,26). The molecule has 5 atom stereocenters. The van der Waals surface area contributed by atoms with Gasteiger partial charge in [0.2, 0.25) is 17.7 Å². The highest BCUT2D eigenvalue weighted by Crippen LogP contribution is 2.07. The molecular formula is C21H40N8O8. The third-order valence-electron chi connectivity index (χ3n) is 5.21. The summed E-state index contributed by atoms with van der Waals surface area (Å²) in [5.41, 5.74) is 21.9. The summed E-state index contributed by atoms with van der Waals surface area (Å²) in [5.74, 6) is -5.31. The summed E-state index contributed by atoms with van der Waals surface area (Å²) in [5, 5.41) is 34.8. The second kappa shape index (κ2) is 17.9. The van der Waals surface area contributed by atoms with Gasteiger partial charge in [-0.15, -0.1) is 0 Å². The predicted octanol–water partition coefficient (Wildman–Crippen LogP) is -3.72. The quantitative estimate of drug-likeness (QED) is 0.0436. The molecule has 0 saturated carbocycles. The average molecular weight is 533 g/mol. The fourth-order valence-corrected chi connectivity index (χ4v) is 3.14. The summed E-state index contributed by atoms with van der Waals surface area (Å²) in [6.45, 7) is 1.74. The number of nitrogens with two attached hydrogens (primary N) is 4. The van der Waals surface area contributed by atoms with Crippen molar-refractivity contribution >= 4 is 35.6 Å². The Bertz CT molecular complexity index is 803. The summed E-state index contributed by atoms with van der Waals surface area (Å²) < 4.78 is 0. The molecule has 5 unspecified atom stereocenters. The Morgan fingerprint density at radius 2 is 1.41 bits per heavy atom. The van der Waals surface area contributed by atoms with Gasteiger partial charge in [-0.25, -0.2) is 4.79 Å². The van der Waals surface area contributed by atoms with Gasteiger partial charge in [-0.1, -0.05) is 0 Å². The molecule has 0 spiro atoms. The molecule has 16 heteroatoms. The number of aliphatic imine (C=N–C) groups is 1. The average Bonchev–Trinajstić information content (AvgIpc) is 2.80. The van der Waals surface area contributed by atoms with Crippen LogP contribution >= 0.6 is 0 Å². The molecule has 0 radical (unpaired) electrons. The zero-order chi connectivity index (χ0) is 28.5. The third-order valence-corrected chi connectivity index (χ3v) is 5.21. The molecular weight excluding hydrogens is 492 g/mol. The van der Waals surface area contributed by atoms with Gasteiger partial charge in [-0.3, -0.25) is 24.2 Å². The van der Waals surface area contributed by atoms with Crippen molar-refractivity contribution in [3.05, 3.63) is 0 Å². The van der Waals surface area contributed by atoms with E-state index in [1.54, 1.807) is 0 Å². The molecule has 0 aromatic carbocycles. The maximum absolute atomic E-state index is 13.0. The number of aliphatic hydroxyl groups excluding tert-OH is 1. The maximum Gasteiger partial charge on any atom is 0.328 e. The normalized spacial score (nSPS) is 14.8. The summed E-state index contributed by atoms with van der Waals surface area (Å²) in [7, 11) is 0. The molecule has 212 valence electrons. The Balaban J connectivity index is 5.49. The molecule has 0 aliphatic heterocycles. The first-order chi connectivity index (χ1) is 17.3. The van der Waals surface area contributed by atoms with Crippen LogP contribution in [0.25, 0.3) is 0 Å². The topological polar surface area (TPSA) is 299 Å². The monoisotopic (exact) mass is 532 g/mol. The van der Waals surface area contributed by atoms with Crippen LogP contribution in [0.4, 0.5) is 0 Å². The lowest BCUT2D eigenvalue weighted by Crippen LogP contribution is -2.58. The minimum atomic E-state index is -1.69. The van der Waals surface area contributed by atoms with E-state index in [0.29, 0.717) is 25.8 Å². The van der Waals surface area contributed by atoms with Gasteiger partial charge in [0.15, 0.2) is 12.0 Å². The third kappa shape index (κ3) is 14.6. The van der Waals surface area contributed by atoms with Gasteiger partial charge < -0.3 is 54.2 Å². The number of aliphatic carboxylic acids is 2. The molecule has 0 heterocycles. The first kappa shape index (κ1) is 33.5. The van der Waals surface area contributed by atoms with Gasteiger partial charge in [0.25, 0.3) is 0 Å². The number of rotatable bonds is 19. The summed E-state index contributed by atoms with van der Waals surface area (Å²) >= 11 is 0. The number of hydrogen-bond donors (Lipinski definition) is 10. The highest BCUT2D eigenvalue weighted by Gasteiger charge is 2.32. The van der Waals surface area contributed by atoms with Crippen LogP contribution in [0.3, 0.4) is 0 Å². The highest BCUT2D eigenvalue weighted by atomic mass is 16.4. The van der Waals surface area contributed by atoms with Crippen molar-refractivity contribution in [2.75, 3.05) is 13.1 Å². The van der Waals surface area contributed by atoms with E-state index in [-0.39, 0.29) is 31.8 Å². The molecule has 0 aromatic heterocycles. The van der Waals surface area contributed by atoms with Crippen LogP contribution in [-0.2, 0) is 24.0 Å². The van der Waals surface area contributed by atoms with Crippen molar-refractivity contribution < 1.29 is 39.3 Å². The molecule has 0 bridgehead atoms. The van der Waals surface area contributed by atoms with Crippen molar-refractivity contribution in [3.8, 4) is 0 Å². The van der Waals surface area contributed by atoms with E-state index in [1.807, 2.05) is 0 Å².